The van der Waals surface area contributed by atoms with E-state index in [2.05, 4.69) is 0 Å². The van der Waals surface area contributed by atoms with E-state index in [0.29, 0.717) is 30.7 Å². The topological polar surface area (TPSA) is 49.8 Å². The average Bonchev–Trinajstić information content (AvgIpc) is 3.12. The maximum Gasteiger partial charge on any atom is 0.416 e. The SMILES string of the molecule is COc1ccc(C(c2cccc(C(F)(F)F)c2)N2CCCC2C(=O)O)cc1. The number of halogens is 3. The molecule has 0 saturated carbocycles. The van der Waals surface area contributed by atoms with Crippen LogP contribution in [-0.2, 0) is 11.0 Å². The number of rotatable bonds is 5. The fraction of sp³-hybridized carbons (Fsp3) is 0.350. The predicted octanol–water partition coefficient (Wildman–Crippen LogP) is 4.35. The van der Waals surface area contributed by atoms with Crippen molar-refractivity contribution in [3.8, 4) is 5.75 Å². The smallest absolute Gasteiger partial charge is 0.416 e. The van der Waals surface area contributed by atoms with Crippen molar-refractivity contribution in [2.24, 2.45) is 0 Å². The minimum Gasteiger partial charge on any atom is -0.497 e. The molecule has 0 amide bonds. The van der Waals surface area contributed by atoms with E-state index in [1.54, 1.807) is 35.2 Å². The lowest BCUT2D eigenvalue weighted by molar-refractivity contribution is -0.143. The van der Waals surface area contributed by atoms with Crippen LogP contribution in [0.1, 0.15) is 35.6 Å². The largest absolute Gasteiger partial charge is 0.497 e. The summed E-state index contributed by atoms with van der Waals surface area (Å²) in [5, 5.41) is 9.55. The zero-order valence-corrected chi connectivity index (χ0v) is 14.7. The molecule has 0 aromatic heterocycles. The van der Waals surface area contributed by atoms with Crippen LogP contribution in [0.15, 0.2) is 48.5 Å². The Bertz CT molecular complexity index is 805. The Morgan fingerprint density at radius 3 is 2.48 bits per heavy atom. The lowest BCUT2D eigenvalue weighted by Gasteiger charge is -2.32. The second kappa shape index (κ2) is 7.60. The fourth-order valence-electron chi connectivity index (χ4n) is 3.61. The van der Waals surface area contributed by atoms with E-state index in [1.807, 2.05) is 0 Å². The van der Waals surface area contributed by atoms with Gasteiger partial charge in [-0.25, -0.2) is 0 Å². The van der Waals surface area contributed by atoms with E-state index in [4.69, 9.17) is 4.74 Å². The highest BCUT2D eigenvalue weighted by molar-refractivity contribution is 5.74. The number of benzene rings is 2. The first kappa shape index (κ1) is 19.2. The number of hydrogen-bond acceptors (Lipinski definition) is 3. The van der Waals surface area contributed by atoms with Crippen molar-refractivity contribution in [1.29, 1.82) is 0 Å². The number of methoxy groups -OCH3 is 1. The average molecular weight is 379 g/mol. The second-order valence-corrected chi connectivity index (χ2v) is 6.53. The highest BCUT2D eigenvalue weighted by Crippen LogP contribution is 2.38. The van der Waals surface area contributed by atoms with Crippen molar-refractivity contribution in [2.45, 2.75) is 31.1 Å². The quantitative estimate of drug-likeness (QED) is 0.839. The van der Waals surface area contributed by atoms with Crippen LogP contribution in [0.4, 0.5) is 13.2 Å². The molecule has 27 heavy (non-hydrogen) atoms. The summed E-state index contributed by atoms with van der Waals surface area (Å²) < 4.78 is 44.7. The van der Waals surface area contributed by atoms with E-state index in [9.17, 15) is 23.1 Å². The number of carboxylic acid groups (broad SMARTS) is 1. The van der Waals surface area contributed by atoms with Gasteiger partial charge in [0.1, 0.15) is 11.8 Å². The van der Waals surface area contributed by atoms with Gasteiger partial charge in [0, 0.05) is 6.54 Å². The molecule has 2 aromatic carbocycles. The van der Waals surface area contributed by atoms with Crippen LogP contribution < -0.4 is 4.74 Å². The summed E-state index contributed by atoms with van der Waals surface area (Å²) in [6, 6.07) is 10.8. The summed E-state index contributed by atoms with van der Waals surface area (Å²) in [6.07, 6.45) is -3.30. The molecule has 0 bridgehead atoms. The molecule has 1 heterocycles. The Labute approximate surface area is 155 Å². The Morgan fingerprint density at radius 2 is 1.89 bits per heavy atom. The Balaban J connectivity index is 2.08. The minimum atomic E-state index is -4.46. The Morgan fingerprint density at radius 1 is 1.19 bits per heavy atom. The molecule has 0 aliphatic carbocycles. The number of hydrogen-bond donors (Lipinski definition) is 1. The van der Waals surface area contributed by atoms with Crippen LogP contribution in [0.25, 0.3) is 0 Å². The standard InChI is InChI=1S/C20H20F3NO3/c1-27-16-9-7-13(8-10-16)18(24-11-3-6-17(24)19(25)26)14-4-2-5-15(12-14)20(21,22)23/h2,4-5,7-10,12,17-18H,3,6,11H2,1H3,(H,25,26). The van der Waals surface area contributed by atoms with Crippen molar-refractivity contribution in [1.82, 2.24) is 4.90 Å². The van der Waals surface area contributed by atoms with Gasteiger partial charge in [0.25, 0.3) is 0 Å². The third-order valence-corrected chi connectivity index (χ3v) is 4.87. The zero-order valence-electron chi connectivity index (χ0n) is 14.7. The van der Waals surface area contributed by atoms with E-state index in [0.717, 1.165) is 17.7 Å². The van der Waals surface area contributed by atoms with Gasteiger partial charge in [0.15, 0.2) is 0 Å². The molecule has 1 aliphatic heterocycles. The molecular formula is C20H20F3NO3. The summed E-state index contributed by atoms with van der Waals surface area (Å²) in [4.78, 5) is 13.4. The van der Waals surface area contributed by atoms with E-state index >= 15 is 0 Å². The molecule has 0 radical (unpaired) electrons. The van der Waals surface area contributed by atoms with Crippen LogP contribution in [-0.4, -0.2) is 35.7 Å². The van der Waals surface area contributed by atoms with Gasteiger partial charge in [-0.05, 0) is 48.2 Å². The molecule has 1 fully saturated rings. The summed E-state index contributed by atoms with van der Waals surface area (Å²) in [5.41, 5.74) is 0.399. The summed E-state index contributed by atoms with van der Waals surface area (Å²) >= 11 is 0. The van der Waals surface area contributed by atoms with Gasteiger partial charge in [0.2, 0.25) is 0 Å². The maximum absolute atomic E-state index is 13.2. The lowest BCUT2D eigenvalue weighted by Crippen LogP contribution is -2.39. The first-order valence-corrected chi connectivity index (χ1v) is 8.61. The number of likely N-dealkylation sites (tertiary alicyclic amines) is 1. The Hall–Kier alpha value is -2.54. The molecule has 4 nitrogen and oxygen atoms in total. The third-order valence-electron chi connectivity index (χ3n) is 4.87. The zero-order chi connectivity index (χ0) is 19.6. The van der Waals surface area contributed by atoms with Crippen molar-refractivity contribution in [3.63, 3.8) is 0 Å². The summed E-state index contributed by atoms with van der Waals surface area (Å²) in [5.74, 6) is -0.337. The van der Waals surface area contributed by atoms with Gasteiger partial charge >= 0.3 is 12.1 Å². The van der Waals surface area contributed by atoms with Crippen LogP contribution in [0.2, 0.25) is 0 Å². The van der Waals surface area contributed by atoms with Gasteiger partial charge in [-0.1, -0.05) is 24.3 Å². The number of carbonyl (C=O) groups is 1. The molecule has 2 atom stereocenters. The first-order chi connectivity index (χ1) is 12.8. The van der Waals surface area contributed by atoms with Gasteiger partial charge in [0.05, 0.1) is 18.7 Å². The Kier molecular flexibility index (Phi) is 5.41. The molecule has 2 unspecified atom stereocenters. The van der Waals surface area contributed by atoms with Crippen molar-refractivity contribution in [3.05, 3.63) is 65.2 Å². The lowest BCUT2D eigenvalue weighted by atomic mass is 9.94. The van der Waals surface area contributed by atoms with Gasteiger partial charge in [-0.3, -0.25) is 9.69 Å². The van der Waals surface area contributed by atoms with Crippen molar-refractivity contribution < 1.29 is 27.8 Å². The number of aliphatic carboxylic acids is 1. The van der Waals surface area contributed by atoms with Crippen LogP contribution in [0.3, 0.4) is 0 Å². The maximum atomic E-state index is 13.2. The summed E-state index contributed by atoms with van der Waals surface area (Å²) in [7, 11) is 1.53. The molecule has 144 valence electrons. The van der Waals surface area contributed by atoms with Gasteiger partial charge in [-0.2, -0.15) is 13.2 Å². The number of carboxylic acids is 1. The van der Waals surface area contributed by atoms with E-state index in [-0.39, 0.29) is 0 Å². The molecule has 7 heteroatoms. The van der Waals surface area contributed by atoms with Crippen molar-refractivity contribution in [2.75, 3.05) is 13.7 Å². The predicted molar refractivity (Wildman–Crippen MR) is 93.6 cm³/mol. The third kappa shape index (κ3) is 4.08. The monoisotopic (exact) mass is 379 g/mol. The molecule has 1 aliphatic rings. The fourth-order valence-corrected chi connectivity index (χ4v) is 3.61. The van der Waals surface area contributed by atoms with E-state index in [1.165, 1.54) is 13.2 Å². The highest BCUT2D eigenvalue weighted by Gasteiger charge is 2.38. The molecule has 0 spiro atoms. The van der Waals surface area contributed by atoms with Gasteiger partial charge < -0.3 is 9.84 Å². The van der Waals surface area contributed by atoms with Crippen LogP contribution >= 0.6 is 0 Å². The molecule has 3 rings (SSSR count). The first-order valence-electron chi connectivity index (χ1n) is 8.61. The molecular weight excluding hydrogens is 359 g/mol. The van der Waals surface area contributed by atoms with Gasteiger partial charge in [-0.15, -0.1) is 0 Å². The summed E-state index contributed by atoms with van der Waals surface area (Å²) in [6.45, 7) is 0.504. The number of nitrogens with zero attached hydrogens (tertiary/aromatic N) is 1. The number of alkyl halides is 3. The second-order valence-electron chi connectivity index (χ2n) is 6.53. The number of ether oxygens (including phenoxy) is 1. The normalized spacial score (nSPS) is 19.0. The molecule has 2 aromatic rings. The minimum absolute atomic E-state index is 0.420. The van der Waals surface area contributed by atoms with Crippen LogP contribution in [0.5, 0.6) is 5.75 Å². The van der Waals surface area contributed by atoms with E-state index < -0.39 is 29.8 Å². The van der Waals surface area contributed by atoms with Crippen molar-refractivity contribution >= 4 is 5.97 Å². The molecule has 1 N–H and O–H groups in total. The highest BCUT2D eigenvalue weighted by atomic mass is 19.4. The van der Waals surface area contributed by atoms with Crippen LogP contribution in [0, 0.1) is 0 Å². The molecule has 1 saturated heterocycles.